The predicted molar refractivity (Wildman–Crippen MR) is 68.0 cm³/mol. The molecule has 24 heavy (non-hydrogen) atoms. The first-order valence-electron chi connectivity index (χ1n) is 4.93. The van der Waals surface area contributed by atoms with E-state index in [1.165, 1.54) is 0 Å². The minimum absolute atomic E-state index is 0.769. The Labute approximate surface area is 132 Å². The molecule has 0 bridgehead atoms. The number of nitrogens with one attached hydrogen (secondary N) is 1. The van der Waals surface area contributed by atoms with Crippen LogP contribution in [0, 0.1) is 0 Å². The van der Waals surface area contributed by atoms with E-state index in [0.29, 0.717) is 0 Å². The van der Waals surface area contributed by atoms with Gasteiger partial charge >= 0.3 is 24.7 Å². The lowest BCUT2D eigenvalue weighted by atomic mass is 10.8. The molecule has 0 aromatic carbocycles. The normalized spacial score (nSPS) is 7.92. The number of carbonyl (C=O) groups excluding carboxylic acids is 2. The number of amides is 2. The quantitative estimate of drug-likeness (QED) is 0.279. The molecular formula is C9H16F4N2O9. The first kappa shape index (κ1) is 32.7. The SMILES string of the molecule is CNC(=[O+]C)N(C)C.O=C(O)F.O=C(O)F.O=C(O)F.O=C([O-])F. The van der Waals surface area contributed by atoms with E-state index in [0.717, 1.165) is 6.03 Å². The van der Waals surface area contributed by atoms with Crippen molar-refractivity contribution in [1.29, 1.82) is 0 Å². The molecule has 2 amide bonds. The van der Waals surface area contributed by atoms with Crippen molar-refractivity contribution in [3.63, 3.8) is 0 Å². The van der Waals surface area contributed by atoms with E-state index in [1.807, 2.05) is 26.0 Å². The summed E-state index contributed by atoms with van der Waals surface area (Å²) in [4.78, 5) is 35.1. The van der Waals surface area contributed by atoms with E-state index >= 15 is 0 Å². The summed E-state index contributed by atoms with van der Waals surface area (Å²) < 4.78 is 44.4. The third-order valence-corrected chi connectivity index (χ3v) is 0.813. The maximum atomic E-state index is 9.92. The highest BCUT2D eigenvalue weighted by Gasteiger charge is 2.06. The standard InChI is InChI=1S/C5H13N2O.4CHFO2/c1-6-5(8-4)7(2)3;4*2-1(3)4/h6H,1-4H3;4*(H,3,4)/q+1;;;;/p-1. The van der Waals surface area contributed by atoms with E-state index in [9.17, 15) is 17.6 Å². The molecule has 11 nitrogen and oxygen atoms in total. The van der Waals surface area contributed by atoms with Gasteiger partial charge in [-0.25, -0.2) is 18.8 Å². The van der Waals surface area contributed by atoms with Crippen LogP contribution in [0.5, 0.6) is 0 Å². The number of nitrogens with zero attached hydrogens (tertiary/aromatic N) is 1. The molecule has 144 valence electrons. The van der Waals surface area contributed by atoms with E-state index in [2.05, 4.69) is 5.32 Å². The molecule has 0 unspecified atom stereocenters. The molecule has 0 heterocycles. The molecule has 0 radical (unpaired) electrons. The molecule has 0 aromatic rings. The van der Waals surface area contributed by atoms with Crippen molar-refractivity contribution in [2.75, 3.05) is 28.3 Å². The van der Waals surface area contributed by atoms with Crippen molar-refractivity contribution in [2.24, 2.45) is 0 Å². The fourth-order valence-corrected chi connectivity index (χ4v) is 0.508. The van der Waals surface area contributed by atoms with Crippen LogP contribution in [0.1, 0.15) is 0 Å². The van der Waals surface area contributed by atoms with Crippen LogP contribution in [0.15, 0.2) is 0 Å². The Morgan fingerprint density at radius 3 is 1.08 bits per heavy atom. The van der Waals surface area contributed by atoms with Gasteiger partial charge in [-0.15, -0.1) is 13.2 Å². The van der Waals surface area contributed by atoms with Crippen LogP contribution in [-0.4, -0.2) is 79.4 Å². The van der Waals surface area contributed by atoms with Gasteiger partial charge in [0.15, 0.2) is 0 Å². The van der Waals surface area contributed by atoms with E-state index < -0.39 is 24.9 Å². The van der Waals surface area contributed by atoms with E-state index in [1.54, 1.807) is 7.11 Å². The topological polar surface area (TPSA) is 179 Å². The van der Waals surface area contributed by atoms with Crippen molar-refractivity contribution in [3.05, 3.63) is 0 Å². The molecule has 0 saturated heterocycles. The highest BCUT2D eigenvalue weighted by atomic mass is 19.2. The van der Waals surface area contributed by atoms with Crippen LogP contribution in [-0.2, 0) is 0 Å². The molecule has 0 fully saturated rings. The fourth-order valence-electron chi connectivity index (χ4n) is 0.508. The number of rotatable bonds is 0. The van der Waals surface area contributed by atoms with Gasteiger partial charge in [-0.2, -0.15) is 4.39 Å². The summed E-state index contributed by atoms with van der Waals surface area (Å²) in [6.45, 7) is 0. The van der Waals surface area contributed by atoms with Gasteiger partial charge < -0.3 is 25.2 Å². The molecule has 4 N–H and O–H groups in total. The van der Waals surface area contributed by atoms with Crippen LogP contribution in [0.2, 0.25) is 0 Å². The minimum Gasteiger partial charge on any atom is -0.520 e. The van der Waals surface area contributed by atoms with Crippen LogP contribution >= 0.6 is 0 Å². The molecular weight excluding hydrogens is 356 g/mol. The Bertz CT molecular complexity index is 327. The number of halogens is 4. The molecule has 0 atom stereocenters. The fraction of sp³-hybridized carbons (Fsp3) is 0.444. The summed E-state index contributed by atoms with van der Waals surface area (Å²) >= 11 is 0. The highest BCUT2D eigenvalue weighted by molar-refractivity contribution is 5.73. The van der Waals surface area contributed by atoms with Crippen molar-refractivity contribution in [1.82, 2.24) is 10.2 Å². The lowest BCUT2D eigenvalue weighted by Crippen LogP contribution is -2.32. The lowest BCUT2D eigenvalue weighted by molar-refractivity contribution is -0.264. The largest absolute Gasteiger partial charge is 0.520 e. The predicted octanol–water partition coefficient (Wildman–Crippen LogP) is 1.25. The van der Waals surface area contributed by atoms with Crippen molar-refractivity contribution < 1.29 is 61.6 Å². The van der Waals surface area contributed by atoms with Gasteiger partial charge in [-0.05, 0) is 0 Å². The second-order valence-corrected chi connectivity index (χ2v) is 2.65. The van der Waals surface area contributed by atoms with Gasteiger partial charge in [-0.1, -0.05) is 0 Å². The zero-order valence-electron chi connectivity index (χ0n) is 12.8. The van der Waals surface area contributed by atoms with Crippen molar-refractivity contribution in [3.8, 4) is 0 Å². The molecule has 0 saturated carbocycles. The molecule has 0 rings (SSSR count). The van der Waals surface area contributed by atoms with Gasteiger partial charge in [0.1, 0.15) is 0 Å². The Kier molecular flexibility index (Phi) is 33.9. The summed E-state index contributed by atoms with van der Waals surface area (Å²) in [7, 11) is 7.27. The van der Waals surface area contributed by atoms with Gasteiger partial charge in [0.25, 0.3) is 7.11 Å². The zero-order valence-corrected chi connectivity index (χ0v) is 12.8. The lowest BCUT2D eigenvalue weighted by Gasteiger charge is -2.02. The molecule has 0 aliphatic heterocycles. The molecule has 0 aliphatic carbocycles. The van der Waals surface area contributed by atoms with Gasteiger partial charge in [0.05, 0.1) is 0 Å². The molecule has 15 heteroatoms. The Hall–Kier alpha value is -3.13. The summed E-state index contributed by atoms with van der Waals surface area (Å²) in [6, 6.07) is 0.769. The number of carboxylic acid groups (broad SMARTS) is 4. The average molecular weight is 372 g/mol. The first-order chi connectivity index (χ1) is 10.6. The summed E-state index contributed by atoms with van der Waals surface area (Å²) in [5.74, 6) is 0. The Balaban J connectivity index is -0.0000000657. The van der Waals surface area contributed by atoms with Gasteiger partial charge in [0.2, 0.25) is 6.22 Å². The monoisotopic (exact) mass is 372 g/mol. The summed E-state index contributed by atoms with van der Waals surface area (Å²) in [5.41, 5.74) is 0. The van der Waals surface area contributed by atoms with Gasteiger partial charge in [-0.3, -0.25) is 10.2 Å². The second-order valence-electron chi connectivity index (χ2n) is 2.65. The smallest absolute Gasteiger partial charge is 0.501 e. The molecule has 0 aliphatic rings. The first-order valence-corrected chi connectivity index (χ1v) is 4.93. The maximum Gasteiger partial charge on any atom is 0.501 e. The van der Waals surface area contributed by atoms with Gasteiger partial charge in [0, 0.05) is 21.1 Å². The summed E-state index contributed by atoms with van der Waals surface area (Å²) in [6.07, 6.45) is -9.58. The van der Waals surface area contributed by atoms with Crippen LogP contribution < -0.4 is 10.4 Å². The Morgan fingerprint density at radius 1 is 0.917 bits per heavy atom. The van der Waals surface area contributed by atoms with Crippen molar-refractivity contribution >= 4 is 30.9 Å². The molecule has 0 aromatic heterocycles. The second kappa shape index (κ2) is 24.9. The zero-order chi connectivity index (χ0) is 20.9. The minimum atomic E-state index is -2.58. The number of hydrogen-bond acceptors (Lipinski definition) is 5. The maximum absolute atomic E-state index is 9.92. The third-order valence-electron chi connectivity index (χ3n) is 0.813. The number of hydrogen-bond donors (Lipinski definition) is 4. The van der Waals surface area contributed by atoms with E-state index in [4.69, 9.17) is 44.0 Å². The average Bonchev–Trinajstić information content (AvgIpc) is 2.26. The molecule has 0 spiro atoms. The van der Waals surface area contributed by atoms with Crippen molar-refractivity contribution in [2.45, 2.75) is 0 Å². The number of carbonyl (C=O) groups is 4. The van der Waals surface area contributed by atoms with Crippen LogP contribution in [0.4, 0.5) is 41.2 Å². The number of urea groups is 1. The Morgan fingerprint density at radius 2 is 1.08 bits per heavy atom. The van der Waals surface area contributed by atoms with Crippen LogP contribution in [0.25, 0.3) is 0 Å². The van der Waals surface area contributed by atoms with E-state index in [-0.39, 0.29) is 0 Å². The summed E-state index contributed by atoms with van der Waals surface area (Å²) in [5, 5.41) is 31.3. The highest BCUT2D eigenvalue weighted by Crippen LogP contribution is 1.78. The van der Waals surface area contributed by atoms with Crippen LogP contribution in [0.3, 0.4) is 0 Å². The third kappa shape index (κ3) is 254.